The summed E-state index contributed by atoms with van der Waals surface area (Å²) in [6, 6.07) is 38.2. The number of carbonyl (C=O) groups excluding carboxylic acids is 7. The molecule has 15 nitrogen and oxygen atoms in total. The highest BCUT2D eigenvalue weighted by Crippen LogP contribution is 2.44. The maximum atomic E-state index is 14.2. The minimum atomic E-state index is -0.742. The number of unbranched alkanes of at least 4 members (excludes halogenated alkanes) is 9. The summed E-state index contributed by atoms with van der Waals surface area (Å²) >= 11 is 0. The molecule has 0 spiro atoms. The minimum absolute atomic E-state index is 0.0418. The molecule has 5 fully saturated rings. The van der Waals surface area contributed by atoms with Crippen LogP contribution < -0.4 is 21.3 Å². The fourth-order valence-electron chi connectivity index (χ4n) is 11.5. The van der Waals surface area contributed by atoms with E-state index < -0.39 is 29.6 Å². The Kier molecular flexibility index (Phi) is 18.5. The molecule has 5 aliphatic rings. The molecule has 9 rings (SSSR count). The number of nitrogens with zero attached hydrogens (tertiary/aromatic N) is 3. The van der Waals surface area contributed by atoms with Gasteiger partial charge in [-0.2, -0.15) is 5.26 Å². The molecule has 3 aliphatic carbocycles. The molecule has 2 saturated heterocycles. The van der Waals surface area contributed by atoms with Crippen molar-refractivity contribution in [1.29, 1.82) is 5.26 Å². The van der Waals surface area contributed by atoms with E-state index in [1.54, 1.807) is 40.1 Å². The fraction of sp³-hybridized carbons (Fsp3) is 0.484. The fourth-order valence-corrected chi connectivity index (χ4v) is 11.5. The van der Waals surface area contributed by atoms with Crippen LogP contribution in [0.5, 0.6) is 0 Å². The van der Waals surface area contributed by atoms with Gasteiger partial charge in [0.05, 0.1) is 36.3 Å². The summed E-state index contributed by atoms with van der Waals surface area (Å²) in [6.45, 7) is 1.13. The first-order valence-electron chi connectivity index (χ1n) is 28.1. The molecule has 3 saturated carbocycles. The number of rotatable bonds is 26. The topological polar surface area (TPSA) is 207 Å². The van der Waals surface area contributed by atoms with Gasteiger partial charge in [0.2, 0.25) is 23.6 Å². The lowest BCUT2D eigenvalue weighted by Gasteiger charge is -2.18. The molecule has 77 heavy (non-hydrogen) atoms. The first kappa shape index (κ1) is 54.4. The molecule has 15 heteroatoms. The van der Waals surface area contributed by atoms with Crippen LogP contribution in [0.1, 0.15) is 145 Å². The maximum absolute atomic E-state index is 14.2. The van der Waals surface area contributed by atoms with Crippen molar-refractivity contribution in [2.45, 2.75) is 126 Å². The van der Waals surface area contributed by atoms with E-state index in [1.807, 2.05) is 54.6 Å². The average Bonchev–Trinajstić information content (AvgIpc) is 4.45. The number of likely N-dealkylation sites (tertiary alicyclic amines) is 2. The van der Waals surface area contributed by atoms with E-state index in [4.69, 9.17) is 10.00 Å². The molecule has 404 valence electrons. The standard InChI is InChI=1S/C62H73N7O8/c63-31-30-56(70)77-33-19-8-6-4-2-1-3-5-7-18-32-64-57(71)49-37-68(38-50(49)58(72)65-53-34-46(53)41-20-12-9-13-21-41)61(75)44-26-28-45(29-27-44)62(76)69-39-51(59(73)66-54-35-47(54)42-22-14-10-15-23-42)52(40-69)60(74)67-55-36-48(55)43-24-16-11-17-25-43/h9-17,20-29,46-55H,1-8,18-19,30,32-40H2,(H,64,71)(H,65,72)(H,66,73)(H,67,74)/t46-,47-,48-,49-,50-,51-,52-,53+,54+,55+/m1/s1. The van der Waals surface area contributed by atoms with Crippen molar-refractivity contribution in [2.24, 2.45) is 23.7 Å². The third kappa shape index (κ3) is 14.6. The molecule has 4 aromatic rings. The highest BCUT2D eigenvalue weighted by molar-refractivity contribution is 6.00. The Morgan fingerprint density at radius 1 is 0.455 bits per heavy atom. The van der Waals surface area contributed by atoms with Crippen LogP contribution in [-0.4, -0.2) is 109 Å². The Morgan fingerprint density at radius 3 is 1.16 bits per heavy atom. The van der Waals surface area contributed by atoms with Gasteiger partial charge in [0, 0.05) is 79.7 Å². The van der Waals surface area contributed by atoms with Crippen LogP contribution in [-0.2, 0) is 28.7 Å². The first-order chi connectivity index (χ1) is 37.6. The highest BCUT2D eigenvalue weighted by atomic mass is 16.5. The predicted octanol–water partition coefficient (Wildman–Crippen LogP) is 7.55. The van der Waals surface area contributed by atoms with E-state index in [-0.39, 0.29) is 104 Å². The molecular formula is C62H73N7O8. The number of nitriles is 1. The van der Waals surface area contributed by atoms with Crippen molar-refractivity contribution in [2.75, 3.05) is 39.3 Å². The van der Waals surface area contributed by atoms with Gasteiger partial charge in [-0.25, -0.2) is 0 Å². The van der Waals surface area contributed by atoms with E-state index in [1.165, 1.54) is 0 Å². The number of hydrogen-bond donors (Lipinski definition) is 4. The molecule has 4 aromatic carbocycles. The second kappa shape index (κ2) is 26.1. The summed E-state index contributed by atoms with van der Waals surface area (Å²) in [4.78, 5) is 98.8. The van der Waals surface area contributed by atoms with Crippen LogP contribution in [0.25, 0.3) is 0 Å². The van der Waals surface area contributed by atoms with Crippen molar-refractivity contribution in [1.82, 2.24) is 31.1 Å². The van der Waals surface area contributed by atoms with Crippen molar-refractivity contribution < 1.29 is 38.3 Å². The van der Waals surface area contributed by atoms with Gasteiger partial charge in [-0.15, -0.1) is 0 Å². The lowest BCUT2D eigenvalue weighted by atomic mass is 9.94. The number of amides is 6. The van der Waals surface area contributed by atoms with Crippen molar-refractivity contribution in [3.8, 4) is 6.07 Å². The minimum Gasteiger partial charge on any atom is -0.465 e. The second-order valence-corrected chi connectivity index (χ2v) is 21.9. The van der Waals surface area contributed by atoms with Gasteiger partial charge in [0.15, 0.2) is 0 Å². The Hall–Kier alpha value is -7.34. The summed E-state index contributed by atoms with van der Waals surface area (Å²) in [5, 5.41) is 21.2. The zero-order valence-electron chi connectivity index (χ0n) is 44.0. The first-order valence-corrected chi connectivity index (χ1v) is 28.1. The predicted molar refractivity (Wildman–Crippen MR) is 290 cm³/mol. The summed E-state index contributed by atoms with van der Waals surface area (Å²) < 4.78 is 5.02. The Bertz CT molecular complexity index is 2660. The third-order valence-corrected chi connectivity index (χ3v) is 16.3. The van der Waals surface area contributed by atoms with Crippen molar-refractivity contribution in [3.05, 3.63) is 143 Å². The van der Waals surface area contributed by atoms with Crippen LogP contribution in [0.3, 0.4) is 0 Å². The molecule has 10 atom stereocenters. The number of nitrogens with one attached hydrogen (secondary N) is 4. The smallest absolute Gasteiger partial charge is 0.320 e. The van der Waals surface area contributed by atoms with E-state index >= 15 is 0 Å². The number of esters is 1. The van der Waals surface area contributed by atoms with Gasteiger partial charge >= 0.3 is 5.97 Å². The van der Waals surface area contributed by atoms with E-state index in [0.29, 0.717) is 24.3 Å². The van der Waals surface area contributed by atoms with Crippen molar-refractivity contribution in [3.63, 3.8) is 0 Å². The molecule has 0 radical (unpaired) electrons. The summed E-state index contributed by atoms with van der Waals surface area (Å²) in [6.07, 6.45) is 12.4. The van der Waals surface area contributed by atoms with Crippen molar-refractivity contribution >= 4 is 41.4 Å². The zero-order chi connectivity index (χ0) is 53.7. The van der Waals surface area contributed by atoms with E-state index in [0.717, 1.165) is 100 Å². The Balaban J connectivity index is 0.775. The molecule has 2 aliphatic heterocycles. The van der Waals surface area contributed by atoms with Gasteiger partial charge < -0.3 is 35.8 Å². The molecule has 0 bridgehead atoms. The molecule has 6 amide bonds. The number of benzene rings is 4. The monoisotopic (exact) mass is 1040 g/mol. The van der Waals surface area contributed by atoms with Crippen LogP contribution in [0.4, 0.5) is 0 Å². The quantitative estimate of drug-likeness (QED) is 0.0361. The Labute approximate surface area is 452 Å². The highest BCUT2D eigenvalue weighted by Gasteiger charge is 2.50. The summed E-state index contributed by atoms with van der Waals surface area (Å²) in [7, 11) is 0. The van der Waals surface area contributed by atoms with Gasteiger partial charge in [0.25, 0.3) is 11.8 Å². The second-order valence-electron chi connectivity index (χ2n) is 21.9. The lowest BCUT2D eigenvalue weighted by Crippen LogP contribution is -2.43. The van der Waals surface area contributed by atoms with Gasteiger partial charge in [-0.3, -0.25) is 33.6 Å². The molecule has 0 aromatic heterocycles. The number of carbonyl (C=O) groups is 7. The molecule has 4 N–H and O–H groups in total. The Morgan fingerprint density at radius 2 is 0.792 bits per heavy atom. The van der Waals surface area contributed by atoms with Gasteiger partial charge in [-0.1, -0.05) is 142 Å². The lowest BCUT2D eigenvalue weighted by molar-refractivity contribution is -0.142. The largest absolute Gasteiger partial charge is 0.465 e. The van der Waals surface area contributed by atoms with Crippen LogP contribution >= 0.6 is 0 Å². The molecule has 2 heterocycles. The van der Waals surface area contributed by atoms with Gasteiger partial charge in [0.1, 0.15) is 6.42 Å². The summed E-state index contributed by atoms with van der Waals surface area (Å²) in [5.74, 6) is -4.48. The van der Waals surface area contributed by atoms with Gasteiger partial charge in [-0.05, 0) is 73.1 Å². The average molecular weight is 1040 g/mol. The zero-order valence-corrected chi connectivity index (χ0v) is 44.0. The molecule has 0 unspecified atom stereocenters. The van der Waals surface area contributed by atoms with Crippen LogP contribution in [0, 0.1) is 35.0 Å². The van der Waals surface area contributed by atoms with E-state index in [2.05, 4.69) is 57.7 Å². The van der Waals surface area contributed by atoms with Crippen LogP contribution in [0.15, 0.2) is 115 Å². The van der Waals surface area contributed by atoms with E-state index in [9.17, 15) is 33.6 Å². The number of hydrogen-bond acceptors (Lipinski definition) is 9. The maximum Gasteiger partial charge on any atom is 0.320 e. The molecular weight excluding hydrogens is 971 g/mol. The van der Waals surface area contributed by atoms with Crippen LogP contribution in [0.2, 0.25) is 0 Å². The number of ether oxygens (including phenoxy) is 1. The normalized spacial score (nSPS) is 24.7. The summed E-state index contributed by atoms with van der Waals surface area (Å²) in [5.41, 5.74) is 4.09. The third-order valence-electron chi connectivity index (χ3n) is 16.3. The SMILES string of the molecule is N#CCC(=O)OCCCCCCCCCCCCNC(=O)[C@@H]1CN(C(=O)c2ccc(C(=O)N3C[C@@H](C(=O)N[C@H]4C[C@@H]4c4ccccc4)[C@H](C(=O)N[C@H]4C[C@@H]4c4ccccc4)C3)cc2)C[C@H]1C(=O)N[C@H]1C[C@@H]1c1ccccc1.